The number of nitrogens with one attached hydrogen (secondary N) is 2. The van der Waals surface area contributed by atoms with Crippen LogP contribution in [0.4, 0.5) is 0 Å². The van der Waals surface area contributed by atoms with Crippen LogP contribution in [-0.4, -0.2) is 26.0 Å². The quantitative estimate of drug-likeness (QED) is 0.707. The predicted octanol–water partition coefficient (Wildman–Crippen LogP) is 1.54. The third kappa shape index (κ3) is 5.97. The zero-order chi connectivity index (χ0) is 11.2. The van der Waals surface area contributed by atoms with Crippen molar-refractivity contribution in [1.29, 1.82) is 0 Å². The van der Waals surface area contributed by atoms with E-state index in [0.717, 1.165) is 19.3 Å². The highest BCUT2D eigenvalue weighted by Gasteiger charge is 2.16. The summed E-state index contributed by atoms with van der Waals surface area (Å²) < 4.78 is 0. The van der Waals surface area contributed by atoms with Gasteiger partial charge in [0.05, 0.1) is 6.04 Å². The maximum absolute atomic E-state index is 11.3. The van der Waals surface area contributed by atoms with Crippen LogP contribution < -0.4 is 10.6 Å². The molecule has 0 heterocycles. The molecule has 0 aliphatic carbocycles. The first kappa shape index (κ1) is 13.4. The van der Waals surface area contributed by atoms with Gasteiger partial charge in [-0.2, -0.15) is 0 Å². The smallest absolute Gasteiger partial charge is 0.236 e. The minimum atomic E-state index is -0.0395. The maximum Gasteiger partial charge on any atom is 0.236 e. The fourth-order valence-corrected chi connectivity index (χ4v) is 1.42. The van der Waals surface area contributed by atoms with Crippen molar-refractivity contribution in [3.63, 3.8) is 0 Å². The minimum Gasteiger partial charge on any atom is -0.358 e. The van der Waals surface area contributed by atoms with Crippen LogP contribution in [0.15, 0.2) is 0 Å². The van der Waals surface area contributed by atoms with E-state index in [2.05, 4.69) is 31.4 Å². The summed E-state index contributed by atoms with van der Waals surface area (Å²) in [6, 6.07) is -0.0395. The summed E-state index contributed by atoms with van der Waals surface area (Å²) >= 11 is 0. The van der Waals surface area contributed by atoms with Crippen LogP contribution in [0, 0.1) is 5.41 Å². The molecule has 14 heavy (non-hydrogen) atoms. The molecule has 0 radical (unpaired) electrons. The van der Waals surface area contributed by atoms with E-state index in [-0.39, 0.29) is 11.9 Å². The van der Waals surface area contributed by atoms with E-state index in [9.17, 15) is 4.79 Å². The summed E-state index contributed by atoms with van der Waals surface area (Å²) in [5, 5.41) is 5.69. The lowest BCUT2D eigenvalue weighted by atomic mass is 9.89. The molecule has 0 aliphatic rings. The molecule has 2 N–H and O–H groups in total. The molecule has 0 rings (SSSR count). The number of amides is 1. The van der Waals surface area contributed by atoms with E-state index >= 15 is 0 Å². The Labute approximate surface area is 87.6 Å². The Kier molecular flexibility index (Phi) is 5.77. The first-order chi connectivity index (χ1) is 6.40. The fraction of sp³-hybridized carbons (Fsp3) is 0.909. The first-order valence-corrected chi connectivity index (χ1v) is 5.29. The van der Waals surface area contributed by atoms with Gasteiger partial charge in [0.25, 0.3) is 0 Å². The second-order valence-electron chi connectivity index (χ2n) is 4.91. The topological polar surface area (TPSA) is 41.1 Å². The van der Waals surface area contributed by atoms with Crippen molar-refractivity contribution in [1.82, 2.24) is 10.6 Å². The van der Waals surface area contributed by atoms with E-state index in [1.165, 1.54) is 0 Å². The fourth-order valence-electron chi connectivity index (χ4n) is 1.42. The molecule has 0 unspecified atom stereocenters. The van der Waals surface area contributed by atoms with Crippen LogP contribution >= 0.6 is 0 Å². The van der Waals surface area contributed by atoms with Gasteiger partial charge in [-0.25, -0.2) is 0 Å². The van der Waals surface area contributed by atoms with Crippen LogP contribution in [0.2, 0.25) is 0 Å². The summed E-state index contributed by atoms with van der Waals surface area (Å²) in [7, 11) is 3.51. The van der Waals surface area contributed by atoms with Crippen LogP contribution in [0.1, 0.15) is 40.0 Å². The molecule has 0 aliphatic heterocycles. The summed E-state index contributed by atoms with van der Waals surface area (Å²) in [6.07, 6.45) is 3.15. The molecule has 0 aromatic heterocycles. The molecule has 3 nitrogen and oxygen atoms in total. The number of likely N-dealkylation sites (N-methyl/N-ethyl adjacent to an activating group) is 2. The lowest BCUT2D eigenvalue weighted by Crippen LogP contribution is -2.41. The van der Waals surface area contributed by atoms with E-state index < -0.39 is 0 Å². The van der Waals surface area contributed by atoms with Crippen molar-refractivity contribution < 1.29 is 4.79 Å². The van der Waals surface area contributed by atoms with E-state index in [0.29, 0.717) is 5.41 Å². The molecule has 0 aromatic carbocycles. The monoisotopic (exact) mass is 200 g/mol. The SMILES string of the molecule is CNC(=O)[C@H](CCCC(C)(C)C)NC. The summed E-state index contributed by atoms with van der Waals surface area (Å²) in [5.74, 6) is 0.0846. The summed E-state index contributed by atoms with van der Waals surface area (Å²) in [6.45, 7) is 6.67. The van der Waals surface area contributed by atoms with Gasteiger partial charge in [-0.05, 0) is 25.3 Å². The van der Waals surface area contributed by atoms with Gasteiger partial charge in [-0.1, -0.05) is 27.2 Å². The van der Waals surface area contributed by atoms with Crippen molar-refractivity contribution in [2.45, 2.75) is 46.1 Å². The van der Waals surface area contributed by atoms with Crippen LogP contribution in [-0.2, 0) is 4.79 Å². The second-order valence-corrected chi connectivity index (χ2v) is 4.91. The molecule has 0 saturated heterocycles. The third-order valence-corrected chi connectivity index (χ3v) is 2.33. The third-order valence-electron chi connectivity index (χ3n) is 2.33. The van der Waals surface area contributed by atoms with Gasteiger partial charge in [0.2, 0.25) is 5.91 Å². The van der Waals surface area contributed by atoms with E-state index in [4.69, 9.17) is 0 Å². The van der Waals surface area contributed by atoms with E-state index in [1.807, 2.05) is 7.05 Å². The van der Waals surface area contributed by atoms with Crippen molar-refractivity contribution >= 4 is 5.91 Å². The molecule has 0 fully saturated rings. The molecular formula is C11H24N2O. The molecule has 1 atom stereocenters. The minimum absolute atomic E-state index is 0.0395. The number of carbonyl (C=O) groups excluding carboxylic acids is 1. The highest BCUT2D eigenvalue weighted by atomic mass is 16.2. The molecule has 3 heteroatoms. The number of hydrogen-bond donors (Lipinski definition) is 2. The van der Waals surface area contributed by atoms with Gasteiger partial charge >= 0.3 is 0 Å². The molecule has 0 spiro atoms. The van der Waals surface area contributed by atoms with Gasteiger partial charge in [0, 0.05) is 7.05 Å². The largest absolute Gasteiger partial charge is 0.358 e. The van der Waals surface area contributed by atoms with Crippen molar-refractivity contribution in [2.24, 2.45) is 5.41 Å². The normalized spacial score (nSPS) is 13.8. The van der Waals surface area contributed by atoms with Gasteiger partial charge in [-0.3, -0.25) is 4.79 Å². The zero-order valence-electron chi connectivity index (χ0n) is 10.1. The van der Waals surface area contributed by atoms with Crippen LogP contribution in [0.3, 0.4) is 0 Å². The molecule has 84 valence electrons. The van der Waals surface area contributed by atoms with Gasteiger partial charge in [0.15, 0.2) is 0 Å². The Hall–Kier alpha value is -0.570. The molecule has 1 amide bonds. The number of hydrogen-bond acceptors (Lipinski definition) is 2. The Morgan fingerprint density at radius 1 is 1.29 bits per heavy atom. The van der Waals surface area contributed by atoms with Crippen molar-refractivity contribution in [3.05, 3.63) is 0 Å². The standard InChI is InChI=1S/C11H24N2O/c1-11(2,3)8-6-7-9(12-4)10(14)13-5/h9,12H,6-8H2,1-5H3,(H,13,14)/t9-/m0/s1. The summed E-state index contributed by atoms with van der Waals surface area (Å²) in [5.41, 5.74) is 0.362. The molecule has 0 saturated carbocycles. The zero-order valence-corrected chi connectivity index (χ0v) is 10.1. The Balaban J connectivity index is 3.80. The second kappa shape index (κ2) is 6.02. The van der Waals surface area contributed by atoms with Crippen LogP contribution in [0.5, 0.6) is 0 Å². The average molecular weight is 200 g/mol. The molecule has 0 bridgehead atoms. The van der Waals surface area contributed by atoms with Gasteiger partial charge < -0.3 is 10.6 Å². The highest BCUT2D eigenvalue weighted by molar-refractivity contribution is 5.81. The van der Waals surface area contributed by atoms with Crippen molar-refractivity contribution in [2.75, 3.05) is 14.1 Å². The van der Waals surface area contributed by atoms with E-state index in [1.54, 1.807) is 7.05 Å². The Morgan fingerprint density at radius 3 is 2.21 bits per heavy atom. The lowest BCUT2D eigenvalue weighted by Gasteiger charge is -2.20. The van der Waals surface area contributed by atoms with Crippen molar-refractivity contribution in [3.8, 4) is 0 Å². The highest BCUT2D eigenvalue weighted by Crippen LogP contribution is 2.21. The van der Waals surface area contributed by atoms with Gasteiger partial charge in [-0.15, -0.1) is 0 Å². The average Bonchev–Trinajstić information content (AvgIpc) is 2.09. The lowest BCUT2D eigenvalue weighted by molar-refractivity contribution is -0.122. The number of rotatable bonds is 5. The predicted molar refractivity (Wildman–Crippen MR) is 60.2 cm³/mol. The maximum atomic E-state index is 11.3. The Morgan fingerprint density at radius 2 is 1.86 bits per heavy atom. The van der Waals surface area contributed by atoms with Crippen LogP contribution in [0.25, 0.3) is 0 Å². The van der Waals surface area contributed by atoms with Gasteiger partial charge in [0.1, 0.15) is 0 Å². The number of carbonyl (C=O) groups is 1. The molecular weight excluding hydrogens is 176 g/mol. The Bertz CT molecular complexity index is 173. The first-order valence-electron chi connectivity index (χ1n) is 5.29. The summed E-state index contributed by atoms with van der Waals surface area (Å²) in [4.78, 5) is 11.3. The molecule has 0 aromatic rings.